The molecule has 1 amide bonds. The third-order valence-corrected chi connectivity index (χ3v) is 3.89. The molecule has 0 spiro atoms. The van der Waals surface area contributed by atoms with Gasteiger partial charge in [-0.2, -0.15) is 0 Å². The van der Waals surface area contributed by atoms with Crippen molar-refractivity contribution < 1.29 is 9.53 Å². The maximum atomic E-state index is 12.2. The molecule has 1 aliphatic heterocycles. The van der Waals surface area contributed by atoms with Crippen LogP contribution in [0.2, 0.25) is 0 Å². The summed E-state index contributed by atoms with van der Waals surface area (Å²) in [5.74, 6) is 0.690. The number of amides is 1. The molecule has 1 aromatic rings. The van der Waals surface area contributed by atoms with Crippen molar-refractivity contribution in [3.05, 3.63) is 28.2 Å². The topological polar surface area (TPSA) is 55.6 Å². The third kappa shape index (κ3) is 3.48. The molecule has 0 saturated carbocycles. The SMILES string of the molecule is Cc1ccc(OC(C)C(=O)N2CCC(N)C2)c(Br)c1. The summed E-state index contributed by atoms with van der Waals surface area (Å²) in [5, 5.41) is 0. The fourth-order valence-electron chi connectivity index (χ4n) is 2.19. The normalized spacial score (nSPS) is 20.4. The van der Waals surface area contributed by atoms with Gasteiger partial charge in [-0.3, -0.25) is 4.79 Å². The second-order valence-corrected chi connectivity index (χ2v) is 5.88. The van der Waals surface area contributed by atoms with Crippen molar-refractivity contribution in [3.8, 4) is 5.75 Å². The Labute approximate surface area is 122 Å². The van der Waals surface area contributed by atoms with Crippen LogP contribution in [0.15, 0.2) is 22.7 Å². The van der Waals surface area contributed by atoms with Gasteiger partial charge in [0.25, 0.3) is 5.91 Å². The summed E-state index contributed by atoms with van der Waals surface area (Å²) in [5.41, 5.74) is 6.96. The Morgan fingerprint density at radius 1 is 1.58 bits per heavy atom. The Kier molecular flexibility index (Phi) is 4.47. The van der Waals surface area contributed by atoms with E-state index in [1.807, 2.05) is 25.1 Å². The van der Waals surface area contributed by atoms with E-state index in [9.17, 15) is 4.79 Å². The van der Waals surface area contributed by atoms with E-state index in [-0.39, 0.29) is 11.9 Å². The van der Waals surface area contributed by atoms with E-state index >= 15 is 0 Å². The highest BCUT2D eigenvalue weighted by molar-refractivity contribution is 9.10. The van der Waals surface area contributed by atoms with E-state index in [4.69, 9.17) is 10.5 Å². The first-order chi connectivity index (χ1) is 8.97. The number of aryl methyl sites for hydroxylation is 1. The van der Waals surface area contributed by atoms with Crippen molar-refractivity contribution in [2.45, 2.75) is 32.4 Å². The van der Waals surface area contributed by atoms with Crippen LogP contribution < -0.4 is 10.5 Å². The number of halogens is 1. The number of benzene rings is 1. The average Bonchev–Trinajstić information content (AvgIpc) is 2.78. The fraction of sp³-hybridized carbons (Fsp3) is 0.500. The van der Waals surface area contributed by atoms with Crippen LogP contribution in [0.3, 0.4) is 0 Å². The minimum Gasteiger partial charge on any atom is -0.480 e. The van der Waals surface area contributed by atoms with Crippen LogP contribution in [0.1, 0.15) is 18.9 Å². The summed E-state index contributed by atoms with van der Waals surface area (Å²) in [6.07, 6.45) is 0.372. The van der Waals surface area contributed by atoms with Crippen LogP contribution in [0.25, 0.3) is 0 Å². The molecule has 1 saturated heterocycles. The van der Waals surface area contributed by atoms with Crippen LogP contribution in [0.4, 0.5) is 0 Å². The van der Waals surface area contributed by atoms with E-state index in [1.165, 1.54) is 0 Å². The first-order valence-corrected chi connectivity index (χ1v) is 7.24. The lowest BCUT2D eigenvalue weighted by Crippen LogP contribution is -2.40. The first kappa shape index (κ1) is 14.3. The van der Waals surface area contributed by atoms with Crippen molar-refractivity contribution >= 4 is 21.8 Å². The van der Waals surface area contributed by atoms with Crippen molar-refractivity contribution in [2.24, 2.45) is 5.73 Å². The van der Waals surface area contributed by atoms with Gasteiger partial charge in [0.15, 0.2) is 6.10 Å². The zero-order valence-corrected chi connectivity index (χ0v) is 12.8. The van der Waals surface area contributed by atoms with Crippen LogP contribution in [-0.2, 0) is 4.79 Å². The molecule has 0 radical (unpaired) electrons. The summed E-state index contributed by atoms with van der Waals surface area (Å²) in [4.78, 5) is 14.0. The monoisotopic (exact) mass is 326 g/mol. The number of hydrogen-bond donors (Lipinski definition) is 1. The molecule has 0 aromatic heterocycles. The van der Waals surface area contributed by atoms with Crippen molar-refractivity contribution in [3.63, 3.8) is 0 Å². The van der Waals surface area contributed by atoms with Gasteiger partial charge in [-0.25, -0.2) is 0 Å². The number of nitrogens with zero attached hydrogens (tertiary/aromatic N) is 1. The predicted octanol–water partition coefficient (Wildman–Crippen LogP) is 2.08. The largest absolute Gasteiger partial charge is 0.480 e. The molecule has 2 N–H and O–H groups in total. The number of carbonyl (C=O) groups excluding carboxylic acids is 1. The Morgan fingerprint density at radius 3 is 2.89 bits per heavy atom. The third-order valence-electron chi connectivity index (χ3n) is 3.28. The molecular weight excluding hydrogens is 308 g/mol. The zero-order valence-electron chi connectivity index (χ0n) is 11.2. The second kappa shape index (κ2) is 5.92. The van der Waals surface area contributed by atoms with E-state index in [2.05, 4.69) is 15.9 Å². The van der Waals surface area contributed by atoms with Crippen LogP contribution in [-0.4, -0.2) is 36.0 Å². The zero-order chi connectivity index (χ0) is 14.0. The molecule has 19 heavy (non-hydrogen) atoms. The molecule has 0 bridgehead atoms. The molecule has 1 aliphatic rings. The summed E-state index contributed by atoms with van der Waals surface area (Å²) in [6, 6.07) is 5.91. The molecule has 1 aromatic carbocycles. The van der Waals surface area contributed by atoms with Crippen LogP contribution in [0, 0.1) is 6.92 Å². The van der Waals surface area contributed by atoms with Gasteiger partial charge in [-0.15, -0.1) is 0 Å². The Morgan fingerprint density at radius 2 is 2.32 bits per heavy atom. The van der Waals surface area contributed by atoms with Crippen molar-refractivity contribution in [1.29, 1.82) is 0 Å². The Bertz CT molecular complexity index is 479. The van der Waals surface area contributed by atoms with Gasteiger partial charge in [0.1, 0.15) is 5.75 Å². The highest BCUT2D eigenvalue weighted by Crippen LogP contribution is 2.27. The van der Waals surface area contributed by atoms with Gasteiger partial charge in [0.2, 0.25) is 0 Å². The van der Waals surface area contributed by atoms with Gasteiger partial charge in [0.05, 0.1) is 4.47 Å². The van der Waals surface area contributed by atoms with Crippen LogP contribution >= 0.6 is 15.9 Å². The molecule has 104 valence electrons. The number of rotatable bonds is 3. The lowest BCUT2D eigenvalue weighted by atomic mass is 10.2. The lowest BCUT2D eigenvalue weighted by Gasteiger charge is -2.22. The lowest BCUT2D eigenvalue weighted by molar-refractivity contribution is -0.136. The molecule has 1 fully saturated rings. The fourth-order valence-corrected chi connectivity index (χ4v) is 2.77. The standard InChI is InChI=1S/C14H19BrN2O2/c1-9-3-4-13(12(15)7-9)19-10(2)14(18)17-6-5-11(16)8-17/h3-4,7,10-11H,5-6,8,16H2,1-2H3. The van der Waals surface area contributed by atoms with Crippen LogP contribution in [0.5, 0.6) is 5.75 Å². The quantitative estimate of drug-likeness (QED) is 0.925. The van der Waals surface area contributed by atoms with Crippen molar-refractivity contribution in [1.82, 2.24) is 4.90 Å². The summed E-state index contributed by atoms with van der Waals surface area (Å²) >= 11 is 3.45. The minimum absolute atomic E-state index is 0.000394. The van der Waals surface area contributed by atoms with E-state index in [1.54, 1.807) is 11.8 Å². The van der Waals surface area contributed by atoms with Crippen molar-refractivity contribution in [2.75, 3.05) is 13.1 Å². The number of carbonyl (C=O) groups is 1. The molecular formula is C14H19BrN2O2. The number of ether oxygens (including phenoxy) is 1. The van der Waals surface area contributed by atoms with Gasteiger partial charge < -0.3 is 15.4 Å². The Hall–Kier alpha value is -1.07. The van der Waals surface area contributed by atoms with Gasteiger partial charge in [-0.1, -0.05) is 6.07 Å². The molecule has 2 rings (SSSR count). The van der Waals surface area contributed by atoms with Gasteiger partial charge in [-0.05, 0) is 53.9 Å². The summed E-state index contributed by atoms with van der Waals surface area (Å²) in [6.45, 7) is 5.14. The molecule has 5 heteroatoms. The molecule has 1 heterocycles. The molecule has 4 nitrogen and oxygen atoms in total. The van der Waals surface area contributed by atoms with E-state index < -0.39 is 6.10 Å². The maximum absolute atomic E-state index is 12.2. The summed E-state index contributed by atoms with van der Waals surface area (Å²) in [7, 11) is 0. The van der Waals surface area contributed by atoms with Gasteiger partial charge in [0, 0.05) is 19.1 Å². The predicted molar refractivity (Wildman–Crippen MR) is 78.1 cm³/mol. The average molecular weight is 327 g/mol. The smallest absolute Gasteiger partial charge is 0.263 e. The maximum Gasteiger partial charge on any atom is 0.263 e. The number of likely N-dealkylation sites (tertiary alicyclic amines) is 1. The highest BCUT2D eigenvalue weighted by atomic mass is 79.9. The highest BCUT2D eigenvalue weighted by Gasteiger charge is 2.28. The number of nitrogens with two attached hydrogens (primary N) is 1. The Balaban J connectivity index is 2.00. The van der Waals surface area contributed by atoms with E-state index in [0.717, 1.165) is 23.0 Å². The van der Waals surface area contributed by atoms with E-state index in [0.29, 0.717) is 12.3 Å². The molecule has 0 aliphatic carbocycles. The van der Waals surface area contributed by atoms with Gasteiger partial charge >= 0.3 is 0 Å². The summed E-state index contributed by atoms with van der Waals surface area (Å²) < 4.78 is 6.60. The molecule has 2 atom stereocenters. The number of hydrogen-bond acceptors (Lipinski definition) is 3. The minimum atomic E-state index is -0.496. The first-order valence-electron chi connectivity index (χ1n) is 6.44. The molecule has 2 unspecified atom stereocenters. The second-order valence-electron chi connectivity index (χ2n) is 5.03.